The molecule has 0 saturated heterocycles. The van der Waals surface area contributed by atoms with Gasteiger partial charge in [-0.15, -0.1) is 0 Å². The zero-order chi connectivity index (χ0) is 9.14. The lowest BCUT2D eigenvalue weighted by molar-refractivity contribution is 0.240. The summed E-state index contributed by atoms with van der Waals surface area (Å²) in [5, 5.41) is 9.32. The zero-order valence-corrected chi connectivity index (χ0v) is 8.25. The van der Waals surface area contributed by atoms with E-state index in [0.717, 1.165) is 19.5 Å². The van der Waals surface area contributed by atoms with Crippen LogP contribution in [0.4, 0.5) is 0 Å². The minimum Gasteiger partial charge on any atom is -0.447 e. The van der Waals surface area contributed by atoms with Crippen molar-refractivity contribution >= 4 is 6.92 Å². The van der Waals surface area contributed by atoms with Crippen LogP contribution in [0, 0.1) is 0 Å². The first-order valence-corrected chi connectivity index (χ1v) is 4.72. The molecular formula is C9H18BNO. The third kappa shape index (κ3) is 2.36. The lowest BCUT2D eigenvalue weighted by atomic mass is 9.61. The summed E-state index contributed by atoms with van der Waals surface area (Å²) in [4.78, 5) is 2.41. The van der Waals surface area contributed by atoms with E-state index < -0.39 is 0 Å². The number of rotatable bonds is 2. The third-order valence-electron chi connectivity index (χ3n) is 2.54. The van der Waals surface area contributed by atoms with E-state index in [1.54, 1.807) is 0 Å². The van der Waals surface area contributed by atoms with Crippen molar-refractivity contribution in [3.8, 4) is 0 Å². The largest absolute Gasteiger partial charge is 0.447 e. The molecule has 0 amide bonds. The highest BCUT2D eigenvalue weighted by molar-refractivity contribution is 6.57. The average molecular weight is 167 g/mol. The second-order valence-corrected chi connectivity index (χ2v) is 3.79. The Morgan fingerprint density at radius 1 is 1.58 bits per heavy atom. The van der Waals surface area contributed by atoms with Crippen molar-refractivity contribution < 1.29 is 5.02 Å². The maximum Gasteiger partial charge on any atom is 0.315 e. The van der Waals surface area contributed by atoms with Gasteiger partial charge in [-0.2, -0.15) is 0 Å². The minimum atomic E-state index is -0.251. The first kappa shape index (κ1) is 9.81. The summed E-state index contributed by atoms with van der Waals surface area (Å²) in [6, 6.07) is 0.622. The highest BCUT2D eigenvalue weighted by Crippen LogP contribution is 2.14. The van der Waals surface area contributed by atoms with Crippen LogP contribution in [0.25, 0.3) is 0 Å². The van der Waals surface area contributed by atoms with E-state index in [-0.39, 0.29) is 6.92 Å². The lowest BCUT2D eigenvalue weighted by Gasteiger charge is -2.29. The molecule has 1 heterocycles. The van der Waals surface area contributed by atoms with E-state index in [4.69, 9.17) is 0 Å². The van der Waals surface area contributed by atoms with Crippen LogP contribution in [0.3, 0.4) is 0 Å². The zero-order valence-electron chi connectivity index (χ0n) is 8.25. The Hall–Kier alpha value is -0.275. The molecular weight excluding hydrogens is 149 g/mol. The fourth-order valence-corrected chi connectivity index (χ4v) is 1.55. The molecule has 1 rings (SSSR count). The highest BCUT2D eigenvalue weighted by atomic mass is 16.2. The summed E-state index contributed by atoms with van der Waals surface area (Å²) in [5.41, 5.74) is 1.20. The predicted octanol–water partition coefficient (Wildman–Crippen LogP) is 1.18. The van der Waals surface area contributed by atoms with Crippen molar-refractivity contribution in [2.24, 2.45) is 0 Å². The second kappa shape index (κ2) is 4.10. The summed E-state index contributed by atoms with van der Waals surface area (Å²) in [6.07, 6.45) is 3.18. The van der Waals surface area contributed by atoms with E-state index in [1.807, 2.05) is 6.82 Å². The smallest absolute Gasteiger partial charge is 0.315 e. The van der Waals surface area contributed by atoms with E-state index >= 15 is 0 Å². The monoisotopic (exact) mass is 167 g/mol. The van der Waals surface area contributed by atoms with Crippen LogP contribution in [0.1, 0.15) is 20.3 Å². The predicted molar refractivity (Wildman–Crippen MR) is 53.2 cm³/mol. The summed E-state index contributed by atoms with van der Waals surface area (Å²) in [5.74, 6) is 0. The summed E-state index contributed by atoms with van der Waals surface area (Å²) in [7, 11) is 0. The molecule has 0 aromatic carbocycles. The van der Waals surface area contributed by atoms with Gasteiger partial charge in [0.15, 0.2) is 0 Å². The van der Waals surface area contributed by atoms with Crippen LogP contribution in [-0.2, 0) is 0 Å². The van der Waals surface area contributed by atoms with Crippen LogP contribution in [0.2, 0.25) is 6.82 Å². The number of hydrogen-bond donors (Lipinski definition) is 1. The molecule has 68 valence electrons. The van der Waals surface area contributed by atoms with Crippen LogP contribution in [0.5, 0.6) is 0 Å². The SMILES string of the molecule is CB(O)C1=CCN(C(C)C)CC1. The fraction of sp³-hybridized carbons (Fsp3) is 0.778. The molecule has 0 aromatic rings. The van der Waals surface area contributed by atoms with Crippen molar-refractivity contribution in [3.63, 3.8) is 0 Å². The van der Waals surface area contributed by atoms with Crippen molar-refractivity contribution in [3.05, 3.63) is 11.5 Å². The Morgan fingerprint density at radius 2 is 2.25 bits per heavy atom. The highest BCUT2D eigenvalue weighted by Gasteiger charge is 2.18. The van der Waals surface area contributed by atoms with Crippen LogP contribution >= 0.6 is 0 Å². The van der Waals surface area contributed by atoms with Gasteiger partial charge in [-0.05, 0) is 20.3 Å². The van der Waals surface area contributed by atoms with Crippen molar-refractivity contribution in [2.45, 2.75) is 33.1 Å². The summed E-state index contributed by atoms with van der Waals surface area (Å²) in [6.45, 7) is 8.10. The van der Waals surface area contributed by atoms with Gasteiger partial charge >= 0.3 is 6.92 Å². The lowest BCUT2D eigenvalue weighted by Crippen LogP contribution is -2.36. The molecule has 1 aliphatic rings. The van der Waals surface area contributed by atoms with Crippen LogP contribution in [-0.4, -0.2) is 36.0 Å². The van der Waals surface area contributed by atoms with Gasteiger partial charge in [0.25, 0.3) is 0 Å². The molecule has 0 aromatic heterocycles. The van der Waals surface area contributed by atoms with Gasteiger partial charge in [0, 0.05) is 19.1 Å². The molecule has 0 unspecified atom stereocenters. The molecule has 0 radical (unpaired) electrons. The van der Waals surface area contributed by atoms with Gasteiger partial charge in [0.1, 0.15) is 0 Å². The fourth-order valence-electron chi connectivity index (χ4n) is 1.55. The third-order valence-corrected chi connectivity index (χ3v) is 2.54. The van der Waals surface area contributed by atoms with E-state index in [2.05, 4.69) is 24.8 Å². The Morgan fingerprint density at radius 3 is 2.58 bits per heavy atom. The maximum absolute atomic E-state index is 9.32. The van der Waals surface area contributed by atoms with Crippen LogP contribution < -0.4 is 0 Å². The van der Waals surface area contributed by atoms with Crippen molar-refractivity contribution in [1.29, 1.82) is 0 Å². The molecule has 0 fully saturated rings. The molecule has 0 spiro atoms. The van der Waals surface area contributed by atoms with E-state index in [1.165, 1.54) is 5.47 Å². The van der Waals surface area contributed by atoms with Crippen LogP contribution in [0.15, 0.2) is 11.5 Å². The molecule has 1 aliphatic heterocycles. The molecule has 0 saturated carbocycles. The Kier molecular flexibility index (Phi) is 3.35. The normalized spacial score (nSPS) is 19.6. The average Bonchev–Trinajstić information content (AvgIpc) is 2.04. The standard InChI is InChI=1S/C9H18BNO/c1-8(2)11-6-4-9(5-7-11)10(3)12/h4,8,12H,5-7H2,1-3H3. The van der Waals surface area contributed by atoms with Gasteiger partial charge in [-0.1, -0.05) is 18.4 Å². The minimum absolute atomic E-state index is 0.251. The Labute approximate surface area is 75.4 Å². The molecule has 2 nitrogen and oxygen atoms in total. The van der Waals surface area contributed by atoms with Gasteiger partial charge in [0.05, 0.1) is 0 Å². The topological polar surface area (TPSA) is 23.5 Å². The molecule has 0 aliphatic carbocycles. The first-order chi connectivity index (χ1) is 5.61. The Balaban J connectivity index is 2.47. The number of hydrogen-bond acceptors (Lipinski definition) is 2. The van der Waals surface area contributed by atoms with E-state index in [0.29, 0.717) is 6.04 Å². The molecule has 12 heavy (non-hydrogen) atoms. The number of nitrogens with zero attached hydrogens (tertiary/aromatic N) is 1. The van der Waals surface area contributed by atoms with Gasteiger partial charge in [0.2, 0.25) is 0 Å². The van der Waals surface area contributed by atoms with Gasteiger partial charge in [-0.25, -0.2) is 0 Å². The van der Waals surface area contributed by atoms with Gasteiger partial charge < -0.3 is 5.02 Å². The Bertz CT molecular complexity index is 177. The van der Waals surface area contributed by atoms with Crippen molar-refractivity contribution in [1.82, 2.24) is 4.90 Å². The maximum atomic E-state index is 9.32. The van der Waals surface area contributed by atoms with Gasteiger partial charge in [-0.3, -0.25) is 4.90 Å². The molecule has 1 N–H and O–H groups in total. The molecule has 0 bridgehead atoms. The molecule has 3 heteroatoms. The summed E-state index contributed by atoms with van der Waals surface area (Å²) < 4.78 is 0. The molecule has 0 atom stereocenters. The van der Waals surface area contributed by atoms with E-state index in [9.17, 15) is 5.02 Å². The summed E-state index contributed by atoms with van der Waals surface area (Å²) >= 11 is 0. The van der Waals surface area contributed by atoms with Crippen molar-refractivity contribution in [2.75, 3.05) is 13.1 Å². The second-order valence-electron chi connectivity index (χ2n) is 3.79. The first-order valence-electron chi connectivity index (χ1n) is 4.72. The quantitative estimate of drug-likeness (QED) is 0.624.